The zero-order valence-electron chi connectivity index (χ0n) is 10.1. The molecule has 2 fully saturated rings. The topological polar surface area (TPSA) is 60.9 Å². The van der Waals surface area contributed by atoms with E-state index in [2.05, 4.69) is 0 Å². The Labute approximate surface area is 101 Å². The van der Waals surface area contributed by atoms with Crippen molar-refractivity contribution in [2.45, 2.75) is 25.7 Å². The van der Waals surface area contributed by atoms with Gasteiger partial charge >= 0.3 is 0 Å². The molecule has 2 saturated heterocycles. The van der Waals surface area contributed by atoms with Gasteiger partial charge in [-0.3, -0.25) is 9.59 Å². The summed E-state index contributed by atoms with van der Waals surface area (Å²) in [6.45, 7) is 3.09. The van der Waals surface area contributed by atoms with Crippen LogP contribution >= 0.6 is 0 Å². The number of rotatable bonds is 5. The Morgan fingerprint density at radius 3 is 2.53 bits per heavy atom. The van der Waals surface area contributed by atoms with E-state index in [-0.39, 0.29) is 24.3 Å². The van der Waals surface area contributed by atoms with Crippen LogP contribution in [-0.2, 0) is 9.59 Å². The molecule has 0 spiro atoms. The molecule has 5 nitrogen and oxygen atoms in total. The van der Waals surface area contributed by atoms with Crippen LogP contribution in [0.3, 0.4) is 0 Å². The first-order chi connectivity index (χ1) is 8.20. The van der Waals surface area contributed by atoms with Gasteiger partial charge in [0.1, 0.15) is 0 Å². The van der Waals surface area contributed by atoms with Crippen LogP contribution in [0.25, 0.3) is 0 Å². The van der Waals surface area contributed by atoms with Crippen molar-refractivity contribution in [1.29, 1.82) is 0 Å². The summed E-state index contributed by atoms with van der Waals surface area (Å²) < 4.78 is 0. The van der Waals surface area contributed by atoms with Crippen LogP contribution in [0.15, 0.2) is 0 Å². The number of hydrogen-bond donors (Lipinski definition) is 1. The summed E-state index contributed by atoms with van der Waals surface area (Å²) >= 11 is 0. The molecule has 1 atom stereocenters. The third-order valence-corrected chi connectivity index (χ3v) is 3.58. The fraction of sp³-hybridized carbons (Fsp3) is 0.833. The summed E-state index contributed by atoms with van der Waals surface area (Å²) in [5.41, 5.74) is 0. The van der Waals surface area contributed by atoms with Gasteiger partial charge < -0.3 is 14.9 Å². The molecule has 0 saturated carbocycles. The van der Waals surface area contributed by atoms with Crippen LogP contribution in [-0.4, -0.2) is 59.5 Å². The number of carbonyl (C=O) groups excluding carboxylic acids is 2. The van der Waals surface area contributed by atoms with Crippen molar-refractivity contribution in [2.75, 3.05) is 32.8 Å². The molecular formula is C12H20N2O3. The highest BCUT2D eigenvalue weighted by molar-refractivity contribution is 5.79. The summed E-state index contributed by atoms with van der Waals surface area (Å²) in [5, 5.41) is 9.00. The summed E-state index contributed by atoms with van der Waals surface area (Å²) in [6, 6.07) is 0. The molecule has 0 bridgehead atoms. The maximum absolute atomic E-state index is 11.6. The van der Waals surface area contributed by atoms with E-state index in [0.29, 0.717) is 25.9 Å². The Hall–Kier alpha value is -1.10. The van der Waals surface area contributed by atoms with E-state index >= 15 is 0 Å². The zero-order valence-corrected chi connectivity index (χ0v) is 10.1. The molecular weight excluding hydrogens is 220 g/mol. The largest absolute Gasteiger partial charge is 0.396 e. The van der Waals surface area contributed by atoms with Crippen molar-refractivity contribution in [3.05, 3.63) is 0 Å². The minimum absolute atomic E-state index is 0.0901. The first-order valence-corrected chi connectivity index (χ1v) is 6.37. The molecule has 2 aliphatic rings. The van der Waals surface area contributed by atoms with Crippen LogP contribution in [0.1, 0.15) is 25.7 Å². The van der Waals surface area contributed by atoms with E-state index in [4.69, 9.17) is 5.11 Å². The second kappa shape index (κ2) is 5.49. The van der Waals surface area contributed by atoms with Crippen LogP contribution < -0.4 is 0 Å². The number of carbonyl (C=O) groups is 2. The minimum Gasteiger partial charge on any atom is -0.396 e. The van der Waals surface area contributed by atoms with E-state index in [1.54, 1.807) is 4.90 Å². The Morgan fingerprint density at radius 2 is 1.94 bits per heavy atom. The second-order valence-electron chi connectivity index (χ2n) is 4.93. The van der Waals surface area contributed by atoms with Gasteiger partial charge in [-0.15, -0.1) is 0 Å². The SMILES string of the molecule is O=C1CCCN1CCCN1CC(CO)CC1=O. The average molecular weight is 240 g/mol. The lowest BCUT2D eigenvalue weighted by molar-refractivity contribution is -0.128. The Bertz CT molecular complexity index is 306. The number of amides is 2. The van der Waals surface area contributed by atoms with Crippen molar-refractivity contribution in [3.8, 4) is 0 Å². The minimum atomic E-state index is 0.0901. The predicted octanol–water partition coefficient (Wildman–Crippen LogP) is -0.160. The second-order valence-corrected chi connectivity index (χ2v) is 4.93. The van der Waals surface area contributed by atoms with Gasteiger partial charge in [0.25, 0.3) is 0 Å². The Balaban J connectivity index is 1.68. The van der Waals surface area contributed by atoms with Gasteiger partial charge in [-0.1, -0.05) is 0 Å². The van der Waals surface area contributed by atoms with E-state index < -0.39 is 0 Å². The van der Waals surface area contributed by atoms with E-state index in [9.17, 15) is 9.59 Å². The molecule has 96 valence electrons. The van der Waals surface area contributed by atoms with E-state index in [0.717, 1.165) is 25.9 Å². The highest BCUT2D eigenvalue weighted by atomic mass is 16.3. The third-order valence-electron chi connectivity index (χ3n) is 3.58. The molecule has 1 unspecified atom stereocenters. The number of nitrogens with zero attached hydrogens (tertiary/aromatic N) is 2. The maximum Gasteiger partial charge on any atom is 0.223 e. The van der Waals surface area contributed by atoms with Crippen molar-refractivity contribution in [3.63, 3.8) is 0 Å². The molecule has 0 radical (unpaired) electrons. The summed E-state index contributed by atoms with van der Waals surface area (Å²) in [5.74, 6) is 0.485. The molecule has 2 amide bonds. The van der Waals surface area contributed by atoms with Gasteiger partial charge in [0.05, 0.1) is 0 Å². The van der Waals surface area contributed by atoms with Crippen LogP contribution in [0.2, 0.25) is 0 Å². The van der Waals surface area contributed by atoms with E-state index in [1.165, 1.54) is 0 Å². The van der Waals surface area contributed by atoms with Gasteiger partial charge in [0.15, 0.2) is 0 Å². The maximum atomic E-state index is 11.6. The number of hydrogen-bond acceptors (Lipinski definition) is 3. The molecule has 2 aliphatic heterocycles. The summed E-state index contributed by atoms with van der Waals surface area (Å²) in [4.78, 5) is 26.6. The molecule has 17 heavy (non-hydrogen) atoms. The van der Waals surface area contributed by atoms with Crippen LogP contribution in [0, 0.1) is 5.92 Å². The van der Waals surface area contributed by atoms with Crippen molar-refractivity contribution >= 4 is 11.8 Å². The van der Waals surface area contributed by atoms with Gasteiger partial charge in [0, 0.05) is 51.5 Å². The highest BCUT2D eigenvalue weighted by Gasteiger charge is 2.28. The fourth-order valence-corrected chi connectivity index (χ4v) is 2.59. The monoisotopic (exact) mass is 240 g/mol. The normalized spacial score (nSPS) is 25.1. The smallest absolute Gasteiger partial charge is 0.223 e. The molecule has 0 aliphatic carbocycles. The first-order valence-electron chi connectivity index (χ1n) is 6.37. The summed E-state index contributed by atoms with van der Waals surface area (Å²) in [7, 11) is 0. The molecule has 0 aromatic carbocycles. The quantitative estimate of drug-likeness (QED) is 0.726. The molecule has 2 rings (SSSR count). The lowest BCUT2D eigenvalue weighted by atomic mass is 10.1. The summed E-state index contributed by atoms with van der Waals surface area (Å²) in [6.07, 6.45) is 2.96. The zero-order chi connectivity index (χ0) is 12.3. The van der Waals surface area contributed by atoms with Crippen LogP contribution in [0.4, 0.5) is 0 Å². The highest BCUT2D eigenvalue weighted by Crippen LogP contribution is 2.17. The predicted molar refractivity (Wildman–Crippen MR) is 62.2 cm³/mol. The Kier molecular flexibility index (Phi) is 3.99. The number of aliphatic hydroxyl groups is 1. The number of aliphatic hydroxyl groups excluding tert-OH is 1. The lowest BCUT2D eigenvalue weighted by Crippen LogP contribution is -2.31. The van der Waals surface area contributed by atoms with Crippen molar-refractivity contribution in [2.24, 2.45) is 5.92 Å². The lowest BCUT2D eigenvalue weighted by Gasteiger charge is -2.19. The van der Waals surface area contributed by atoms with Gasteiger partial charge in [-0.25, -0.2) is 0 Å². The average Bonchev–Trinajstić information content (AvgIpc) is 2.87. The van der Waals surface area contributed by atoms with Crippen LogP contribution in [0.5, 0.6) is 0 Å². The van der Waals surface area contributed by atoms with Gasteiger partial charge in [-0.05, 0) is 12.8 Å². The molecule has 5 heteroatoms. The van der Waals surface area contributed by atoms with E-state index in [1.807, 2.05) is 4.90 Å². The Morgan fingerprint density at radius 1 is 1.18 bits per heavy atom. The third kappa shape index (κ3) is 2.97. The van der Waals surface area contributed by atoms with Gasteiger partial charge in [0.2, 0.25) is 11.8 Å². The fourth-order valence-electron chi connectivity index (χ4n) is 2.59. The molecule has 1 N–H and O–H groups in total. The molecule has 2 heterocycles. The van der Waals surface area contributed by atoms with Crippen molar-refractivity contribution < 1.29 is 14.7 Å². The van der Waals surface area contributed by atoms with Crippen molar-refractivity contribution in [1.82, 2.24) is 9.80 Å². The molecule has 0 aromatic heterocycles. The molecule has 0 aromatic rings. The standard InChI is InChI=1S/C12H20N2O3/c15-9-10-7-12(17)14(8-10)6-2-5-13-4-1-3-11(13)16/h10,15H,1-9H2. The number of likely N-dealkylation sites (tertiary alicyclic amines) is 2. The first kappa shape index (κ1) is 12.4. The van der Waals surface area contributed by atoms with Gasteiger partial charge in [-0.2, -0.15) is 0 Å².